The van der Waals surface area contributed by atoms with Crippen LogP contribution in [0.2, 0.25) is 0 Å². The van der Waals surface area contributed by atoms with Crippen LogP contribution < -0.4 is 0 Å². The quantitative estimate of drug-likeness (QED) is 0.807. The summed E-state index contributed by atoms with van der Waals surface area (Å²) in [7, 11) is 0. The molecule has 0 spiro atoms. The average Bonchev–Trinajstić information content (AvgIpc) is 2.66. The van der Waals surface area contributed by atoms with E-state index in [4.69, 9.17) is 0 Å². The van der Waals surface area contributed by atoms with Gasteiger partial charge in [-0.3, -0.25) is 14.5 Å². The van der Waals surface area contributed by atoms with Crippen molar-refractivity contribution in [2.45, 2.75) is 33.2 Å². The van der Waals surface area contributed by atoms with Crippen molar-refractivity contribution >= 4 is 11.8 Å². The van der Waals surface area contributed by atoms with E-state index < -0.39 is 0 Å². The van der Waals surface area contributed by atoms with Crippen molar-refractivity contribution in [3.8, 4) is 0 Å². The Morgan fingerprint density at radius 3 is 2.73 bits per heavy atom. The highest BCUT2D eigenvalue weighted by Gasteiger charge is 2.17. The van der Waals surface area contributed by atoms with Gasteiger partial charge in [0.2, 0.25) is 11.8 Å². The van der Waals surface area contributed by atoms with Crippen molar-refractivity contribution in [1.82, 2.24) is 14.9 Å². The van der Waals surface area contributed by atoms with Crippen LogP contribution in [0, 0.1) is 0 Å². The number of amides is 2. The third-order valence-corrected chi connectivity index (χ3v) is 2.03. The van der Waals surface area contributed by atoms with Gasteiger partial charge in [-0.1, -0.05) is 6.92 Å². The number of hydrogen-bond donors (Lipinski definition) is 1. The molecule has 0 fully saturated rings. The average molecular weight is 209 g/mol. The molecule has 1 aromatic rings. The fourth-order valence-electron chi connectivity index (χ4n) is 1.27. The van der Waals surface area contributed by atoms with Crippen LogP contribution >= 0.6 is 0 Å². The molecule has 1 heterocycles. The molecule has 1 N–H and O–H groups in total. The number of imidazole rings is 1. The lowest BCUT2D eigenvalue weighted by Crippen LogP contribution is -2.34. The first-order valence-corrected chi connectivity index (χ1v) is 4.93. The lowest BCUT2D eigenvalue weighted by Gasteiger charge is -2.17. The zero-order valence-electron chi connectivity index (χ0n) is 8.99. The van der Waals surface area contributed by atoms with Gasteiger partial charge >= 0.3 is 0 Å². The first-order valence-electron chi connectivity index (χ1n) is 4.93. The number of imide groups is 1. The number of aromatic nitrogens is 2. The van der Waals surface area contributed by atoms with Crippen LogP contribution in [0.1, 0.15) is 32.4 Å². The second kappa shape index (κ2) is 5.29. The second-order valence-electron chi connectivity index (χ2n) is 3.33. The molecule has 82 valence electrons. The molecule has 0 saturated heterocycles. The third-order valence-electron chi connectivity index (χ3n) is 2.03. The minimum absolute atomic E-state index is 0.139. The Bertz CT molecular complexity index is 332. The number of carbonyl (C=O) groups is 2. The maximum Gasteiger partial charge on any atom is 0.229 e. The van der Waals surface area contributed by atoms with Gasteiger partial charge < -0.3 is 4.98 Å². The van der Waals surface area contributed by atoms with Gasteiger partial charge in [-0.05, 0) is 6.42 Å². The van der Waals surface area contributed by atoms with E-state index in [1.54, 1.807) is 6.20 Å². The first-order chi connectivity index (χ1) is 7.15. The number of rotatable bonds is 4. The fourth-order valence-corrected chi connectivity index (χ4v) is 1.27. The minimum atomic E-state index is -0.233. The van der Waals surface area contributed by atoms with Gasteiger partial charge in [-0.25, -0.2) is 4.98 Å². The standard InChI is InChI=1S/C10H15N3O2/c1-3-4-10(15)13(8(2)14)6-9-5-11-7-12-9/h5,7H,3-4,6H2,1-2H3,(H,11,12). The molecule has 0 unspecified atom stereocenters. The molecule has 1 rings (SSSR count). The van der Waals surface area contributed by atoms with E-state index >= 15 is 0 Å². The summed E-state index contributed by atoms with van der Waals surface area (Å²) in [6, 6.07) is 0. The summed E-state index contributed by atoms with van der Waals surface area (Å²) in [6.07, 6.45) is 4.27. The number of aromatic amines is 1. The minimum Gasteiger partial charge on any atom is -0.347 e. The number of carbonyl (C=O) groups excluding carboxylic acids is 2. The van der Waals surface area contributed by atoms with Crippen LogP contribution in [0.5, 0.6) is 0 Å². The van der Waals surface area contributed by atoms with Gasteiger partial charge in [0.25, 0.3) is 0 Å². The Labute approximate surface area is 88.5 Å². The molecule has 0 saturated carbocycles. The fraction of sp³-hybridized carbons (Fsp3) is 0.500. The molecule has 0 bridgehead atoms. The maximum atomic E-state index is 11.6. The second-order valence-corrected chi connectivity index (χ2v) is 3.33. The van der Waals surface area contributed by atoms with E-state index in [2.05, 4.69) is 9.97 Å². The van der Waals surface area contributed by atoms with Crippen molar-refractivity contribution in [2.24, 2.45) is 0 Å². The Balaban J connectivity index is 2.66. The van der Waals surface area contributed by atoms with Crippen molar-refractivity contribution < 1.29 is 9.59 Å². The van der Waals surface area contributed by atoms with Gasteiger partial charge in [-0.15, -0.1) is 0 Å². The van der Waals surface area contributed by atoms with Gasteiger partial charge in [0.15, 0.2) is 0 Å². The summed E-state index contributed by atoms with van der Waals surface area (Å²) >= 11 is 0. The summed E-state index contributed by atoms with van der Waals surface area (Å²) < 4.78 is 0. The van der Waals surface area contributed by atoms with E-state index in [9.17, 15) is 9.59 Å². The Morgan fingerprint density at radius 1 is 1.53 bits per heavy atom. The van der Waals surface area contributed by atoms with Crippen LogP contribution in [0.4, 0.5) is 0 Å². The van der Waals surface area contributed by atoms with Crippen LogP contribution in [-0.4, -0.2) is 26.7 Å². The van der Waals surface area contributed by atoms with Gasteiger partial charge in [-0.2, -0.15) is 0 Å². The highest BCUT2D eigenvalue weighted by molar-refractivity contribution is 5.93. The van der Waals surface area contributed by atoms with Crippen molar-refractivity contribution in [1.29, 1.82) is 0 Å². The van der Waals surface area contributed by atoms with Gasteiger partial charge in [0.1, 0.15) is 0 Å². The predicted octanol–water partition coefficient (Wildman–Crippen LogP) is 1.08. The van der Waals surface area contributed by atoms with Crippen LogP contribution in [0.25, 0.3) is 0 Å². The summed E-state index contributed by atoms with van der Waals surface area (Å²) in [5, 5.41) is 0. The normalized spacial score (nSPS) is 10.0. The van der Waals surface area contributed by atoms with Crippen LogP contribution in [0.3, 0.4) is 0 Å². The predicted molar refractivity (Wildman–Crippen MR) is 54.7 cm³/mol. The van der Waals surface area contributed by atoms with Gasteiger partial charge in [0, 0.05) is 19.5 Å². The lowest BCUT2D eigenvalue weighted by molar-refractivity contribution is -0.144. The Hall–Kier alpha value is -1.65. The molecular weight excluding hydrogens is 194 g/mol. The number of nitrogens with one attached hydrogen (secondary N) is 1. The Morgan fingerprint density at radius 2 is 2.27 bits per heavy atom. The zero-order chi connectivity index (χ0) is 11.3. The number of H-pyrrole nitrogens is 1. The number of nitrogens with zero attached hydrogens (tertiary/aromatic N) is 2. The molecule has 1 aromatic heterocycles. The van der Waals surface area contributed by atoms with Gasteiger partial charge in [0.05, 0.1) is 18.6 Å². The summed E-state index contributed by atoms with van der Waals surface area (Å²) in [6.45, 7) is 3.57. The van der Waals surface area contributed by atoms with E-state index in [0.717, 1.165) is 12.1 Å². The zero-order valence-corrected chi connectivity index (χ0v) is 8.99. The molecule has 0 radical (unpaired) electrons. The molecule has 15 heavy (non-hydrogen) atoms. The van der Waals surface area contributed by atoms with Crippen LogP contribution in [0.15, 0.2) is 12.5 Å². The van der Waals surface area contributed by atoms with E-state index in [1.165, 1.54) is 18.2 Å². The topological polar surface area (TPSA) is 66.1 Å². The summed E-state index contributed by atoms with van der Waals surface area (Å²) in [5.41, 5.74) is 0.759. The van der Waals surface area contributed by atoms with Crippen LogP contribution in [-0.2, 0) is 16.1 Å². The van der Waals surface area contributed by atoms with E-state index in [0.29, 0.717) is 6.42 Å². The SMILES string of the molecule is CCCC(=O)N(Cc1cnc[nH]1)C(C)=O. The molecule has 5 nitrogen and oxygen atoms in total. The molecule has 0 aliphatic heterocycles. The molecule has 2 amide bonds. The maximum absolute atomic E-state index is 11.6. The highest BCUT2D eigenvalue weighted by atomic mass is 16.2. The molecular formula is C10H15N3O2. The molecule has 0 aromatic carbocycles. The summed E-state index contributed by atoms with van der Waals surface area (Å²) in [4.78, 5) is 30.8. The summed E-state index contributed by atoms with van der Waals surface area (Å²) in [5.74, 6) is -0.373. The third kappa shape index (κ3) is 3.19. The number of hydrogen-bond acceptors (Lipinski definition) is 3. The largest absolute Gasteiger partial charge is 0.347 e. The van der Waals surface area contributed by atoms with E-state index in [1.807, 2.05) is 6.92 Å². The lowest BCUT2D eigenvalue weighted by atomic mass is 10.3. The van der Waals surface area contributed by atoms with Crippen molar-refractivity contribution in [3.63, 3.8) is 0 Å². The molecule has 0 atom stereocenters. The highest BCUT2D eigenvalue weighted by Crippen LogP contribution is 2.04. The first kappa shape index (κ1) is 11.4. The molecule has 0 aliphatic carbocycles. The monoisotopic (exact) mass is 209 g/mol. The Kier molecular flexibility index (Phi) is 4.03. The molecule has 0 aliphatic rings. The van der Waals surface area contributed by atoms with Crippen molar-refractivity contribution in [3.05, 3.63) is 18.2 Å². The van der Waals surface area contributed by atoms with E-state index in [-0.39, 0.29) is 18.4 Å². The van der Waals surface area contributed by atoms with Crippen molar-refractivity contribution in [2.75, 3.05) is 0 Å². The smallest absolute Gasteiger partial charge is 0.229 e. The molecule has 5 heteroatoms.